The third kappa shape index (κ3) is 5.11. The average molecular weight is 196 g/mol. The van der Waals surface area contributed by atoms with Crippen LogP contribution in [0.3, 0.4) is 0 Å². The van der Waals surface area contributed by atoms with E-state index in [4.69, 9.17) is 4.74 Å². The van der Waals surface area contributed by atoms with Gasteiger partial charge in [0, 0.05) is 0 Å². The van der Waals surface area contributed by atoms with Gasteiger partial charge < -0.3 is 4.74 Å². The topological polar surface area (TPSA) is 9.23 Å². The third-order valence-corrected chi connectivity index (χ3v) is 2.85. The van der Waals surface area contributed by atoms with Crippen LogP contribution in [0.4, 0.5) is 0 Å². The first-order chi connectivity index (χ1) is 6.49. The summed E-state index contributed by atoms with van der Waals surface area (Å²) in [4.78, 5) is 0. The summed E-state index contributed by atoms with van der Waals surface area (Å²) in [7, 11) is 1.69. The van der Waals surface area contributed by atoms with E-state index in [0.29, 0.717) is 0 Å². The molecule has 0 amide bonds. The highest BCUT2D eigenvalue weighted by molar-refractivity contribution is 5.25. The van der Waals surface area contributed by atoms with Crippen LogP contribution in [0.2, 0.25) is 0 Å². The van der Waals surface area contributed by atoms with E-state index >= 15 is 0 Å². The Morgan fingerprint density at radius 3 is 2.14 bits per heavy atom. The minimum Gasteiger partial charge on any atom is -0.504 e. The second-order valence-electron chi connectivity index (χ2n) is 4.38. The molecule has 0 aliphatic rings. The van der Waals surface area contributed by atoms with E-state index in [1.54, 1.807) is 13.4 Å². The van der Waals surface area contributed by atoms with Crippen molar-refractivity contribution in [1.82, 2.24) is 0 Å². The van der Waals surface area contributed by atoms with E-state index in [1.807, 2.05) is 0 Å². The van der Waals surface area contributed by atoms with E-state index in [0.717, 1.165) is 18.3 Å². The van der Waals surface area contributed by atoms with Gasteiger partial charge in [-0.15, -0.1) is 0 Å². The standard InChI is InChI=1S/C13H24O/c1-10(2)11(3)7-8-12(4)13(5)9-14-6/h8-11H,7H2,1-6H3. The molecule has 0 radical (unpaired) electrons. The summed E-state index contributed by atoms with van der Waals surface area (Å²) in [5.74, 6) is 1.51. The molecule has 1 heteroatoms. The molecule has 0 heterocycles. The second kappa shape index (κ2) is 6.69. The van der Waals surface area contributed by atoms with Crippen LogP contribution in [0.5, 0.6) is 0 Å². The Morgan fingerprint density at radius 1 is 1.14 bits per heavy atom. The molecule has 0 aromatic carbocycles. The fourth-order valence-corrected chi connectivity index (χ4v) is 1.07. The molecule has 0 aliphatic carbocycles. The van der Waals surface area contributed by atoms with Crippen molar-refractivity contribution in [3.05, 3.63) is 23.5 Å². The maximum atomic E-state index is 4.98. The summed E-state index contributed by atoms with van der Waals surface area (Å²) in [6, 6.07) is 0. The van der Waals surface area contributed by atoms with Crippen molar-refractivity contribution in [1.29, 1.82) is 0 Å². The van der Waals surface area contributed by atoms with Gasteiger partial charge >= 0.3 is 0 Å². The van der Waals surface area contributed by atoms with E-state index in [-0.39, 0.29) is 0 Å². The number of methoxy groups -OCH3 is 1. The van der Waals surface area contributed by atoms with Crippen LogP contribution in [0, 0.1) is 11.8 Å². The van der Waals surface area contributed by atoms with Gasteiger partial charge in [0.1, 0.15) is 0 Å². The lowest BCUT2D eigenvalue weighted by Crippen LogP contribution is -2.02. The molecule has 0 bridgehead atoms. The van der Waals surface area contributed by atoms with Crippen LogP contribution in [-0.2, 0) is 4.74 Å². The van der Waals surface area contributed by atoms with Crippen molar-refractivity contribution in [2.45, 2.75) is 41.0 Å². The van der Waals surface area contributed by atoms with Crippen LogP contribution in [0.25, 0.3) is 0 Å². The molecule has 14 heavy (non-hydrogen) atoms. The summed E-state index contributed by atoms with van der Waals surface area (Å²) in [5, 5.41) is 0. The Labute approximate surface area is 88.9 Å². The fourth-order valence-electron chi connectivity index (χ4n) is 1.07. The Morgan fingerprint density at radius 2 is 1.71 bits per heavy atom. The smallest absolute Gasteiger partial charge is 0.0856 e. The molecular formula is C13H24O. The number of allylic oxidation sites excluding steroid dienone is 3. The largest absolute Gasteiger partial charge is 0.504 e. The molecule has 0 aromatic rings. The highest BCUT2D eigenvalue weighted by atomic mass is 16.5. The van der Waals surface area contributed by atoms with Crippen molar-refractivity contribution in [3.63, 3.8) is 0 Å². The minimum absolute atomic E-state index is 0.750. The van der Waals surface area contributed by atoms with Crippen LogP contribution in [0.1, 0.15) is 41.0 Å². The molecule has 0 fully saturated rings. The molecule has 0 aromatic heterocycles. The van der Waals surface area contributed by atoms with Gasteiger partial charge in [-0.1, -0.05) is 26.8 Å². The zero-order valence-corrected chi connectivity index (χ0v) is 10.4. The van der Waals surface area contributed by atoms with Crippen molar-refractivity contribution >= 4 is 0 Å². The maximum absolute atomic E-state index is 4.98. The summed E-state index contributed by atoms with van der Waals surface area (Å²) in [6.45, 7) is 11.1. The van der Waals surface area contributed by atoms with Crippen LogP contribution in [0.15, 0.2) is 23.5 Å². The van der Waals surface area contributed by atoms with Crippen LogP contribution < -0.4 is 0 Å². The molecule has 1 atom stereocenters. The molecule has 1 nitrogen and oxygen atoms in total. The normalized spacial score (nSPS) is 15.9. The molecule has 0 saturated carbocycles. The lowest BCUT2D eigenvalue weighted by atomic mass is 9.93. The van der Waals surface area contributed by atoms with Gasteiger partial charge in [0.15, 0.2) is 0 Å². The number of hydrogen-bond acceptors (Lipinski definition) is 1. The fraction of sp³-hybridized carbons (Fsp3) is 0.692. The Kier molecular flexibility index (Phi) is 6.35. The van der Waals surface area contributed by atoms with Gasteiger partial charge in [0.05, 0.1) is 13.4 Å². The van der Waals surface area contributed by atoms with Gasteiger partial charge in [-0.2, -0.15) is 0 Å². The highest BCUT2D eigenvalue weighted by Gasteiger charge is 2.04. The minimum atomic E-state index is 0.750. The number of hydrogen-bond donors (Lipinski definition) is 0. The second-order valence-corrected chi connectivity index (χ2v) is 4.38. The third-order valence-electron chi connectivity index (χ3n) is 2.85. The van der Waals surface area contributed by atoms with E-state index in [2.05, 4.69) is 40.7 Å². The van der Waals surface area contributed by atoms with Crippen molar-refractivity contribution < 1.29 is 4.74 Å². The molecule has 0 saturated heterocycles. The monoisotopic (exact) mass is 196 g/mol. The number of ether oxygens (including phenoxy) is 1. The summed E-state index contributed by atoms with van der Waals surface area (Å²) in [6.07, 6.45) is 5.25. The highest BCUT2D eigenvalue weighted by Crippen LogP contribution is 2.17. The molecule has 1 unspecified atom stereocenters. The summed E-state index contributed by atoms with van der Waals surface area (Å²) >= 11 is 0. The predicted octanol–water partition coefficient (Wildman–Crippen LogP) is 4.17. The average Bonchev–Trinajstić information content (AvgIpc) is 2.13. The summed E-state index contributed by atoms with van der Waals surface area (Å²) in [5.41, 5.74) is 2.53. The Hall–Kier alpha value is -0.720. The van der Waals surface area contributed by atoms with Crippen LogP contribution in [-0.4, -0.2) is 7.11 Å². The zero-order chi connectivity index (χ0) is 11.1. The molecule has 0 N–H and O–H groups in total. The zero-order valence-electron chi connectivity index (χ0n) is 10.4. The van der Waals surface area contributed by atoms with E-state index in [1.165, 1.54) is 11.1 Å². The SMILES string of the molecule is COC=C(C)C(C)=CCC(C)C(C)C. The van der Waals surface area contributed by atoms with Gasteiger partial charge in [0.25, 0.3) is 0 Å². The van der Waals surface area contributed by atoms with Crippen molar-refractivity contribution in [2.75, 3.05) is 7.11 Å². The van der Waals surface area contributed by atoms with Crippen molar-refractivity contribution in [3.8, 4) is 0 Å². The lowest BCUT2D eigenvalue weighted by molar-refractivity contribution is 0.334. The summed E-state index contributed by atoms with van der Waals surface area (Å²) < 4.78 is 4.98. The maximum Gasteiger partial charge on any atom is 0.0856 e. The first kappa shape index (κ1) is 13.3. The number of rotatable bonds is 5. The van der Waals surface area contributed by atoms with Gasteiger partial charge in [0.2, 0.25) is 0 Å². The first-order valence-corrected chi connectivity index (χ1v) is 5.35. The van der Waals surface area contributed by atoms with Crippen molar-refractivity contribution in [2.24, 2.45) is 11.8 Å². The Balaban J connectivity index is 4.18. The van der Waals surface area contributed by atoms with Gasteiger partial charge in [-0.05, 0) is 43.3 Å². The lowest BCUT2D eigenvalue weighted by Gasteiger charge is -2.13. The Bertz CT molecular complexity index is 211. The first-order valence-electron chi connectivity index (χ1n) is 5.35. The molecule has 82 valence electrons. The van der Waals surface area contributed by atoms with Gasteiger partial charge in [-0.25, -0.2) is 0 Å². The van der Waals surface area contributed by atoms with E-state index in [9.17, 15) is 0 Å². The molecule has 0 aliphatic heterocycles. The molecular weight excluding hydrogens is 172 g/mol. The van der Waals surface area contributed by atoms with Gasteiger partial charge in [-0.3, -0.25) is 0 Å². The predicted molar refractivity (Wildman–Crippen MR) is 63.1 cm³/mol. The molecule has 0 rings (SSSR count). The quantitative estimate of drug-likeness (QED) is 0.474. The van der Waals surface area contributed by atoms with E-state index < -0.39 is 0 Å². The van der Waals surface area contributed by atoms with Crippen LogP contribution >= 0.6 is 0 Å². The molecule has 0 spiro atoms.